The number of hydrogen-bond donors (Lipinski definition) is 1. The second-order valence-corrected chi connectivity index (χ2v) is 5.88. The molecule has 2 atom stereocenters. The minimum atomic E-state index is -0.128. The SMILES string of the molecule is CCC(COC)NC1CC(C)(C)Oc2ccccc21. The lowest BCUT2D eigenvalue weighted by Crippen LogP contribution is -2.43. The molecule has 3 heteroatoms. The van der Waals surface area contributed by atoms with Crippen LogP contribution in [-0.4, -0.2) is 25.4 Å². The fourth-order valence-electron chi connectivity index (χ4n) is 2.72. The Morgan fingerprint density at radius 1 is 1.42 bits per heavy atom. The zero-order chi connectivity index (χ0) is 13.9. The fraction of sp³-hybridized carbons (Fsp3) is 0.625. The van der Waals surface area contributed by atoms with Crippen LogP contribution in [-0.2, 0) is 4.74 Å². The summed E-state index contributed by atoms with van der Waals surface area (Å²) in [6, 6.07) is 9.04. The van der Waals surface area contributed by atoms with E-state index in [-0.39, 0.29) is 5.60 Å². The van der Waals surface area contributed by atoms with E-state index < -0.39 is 0 Å². The summed E-state index contributed by atoms with van der Waals surface area (Å²) >= 11 is 0. The summed E-state index contributed by atoms with van der Waals surface area (Å²) in [5, 5.41) is 3.71. The summed E-state index contributed by atoms with van der Waals surface area (Å²) in [5.41, 5.74) is 1.13. The van der Waals surface area contributed by atoms with Crippen LogP contribution < -0.4 is 10.1 Å². The summed E-state index contributed by atoms with van der Waals surface area (Å²) in [7, 11) is 1.76. The molecule has 2 rings (SSSR count). The van der Waals surface area contributed by atoms with Gasteiger partial charge in [-0.3, -0.25) is 0 Å². The predicted molar refractivity (Wildman–Crippen MR) is 77.6 cm³/mol. The van der Waals surface area contributed by atoms with Gasteiger partial charge in [0.05, 0.1) is 6.61 Å². The van der Waals surface area contributed by atoms with Crippen LogP contribution in [0.1, 0.15) is 45.2 Å². The Balaban J connectivity index is 2.19. The highest BCUT2D eigenvalue weighted by Gasteiger charge is 2.34. The van der Waals surface area contributed by atoms with Crippen LogP contribution in [0, 0.1) is 0 Å². The zero-order valence-corrected chi connectivity index (χ0v) is 12.4. The van der Waals surface area contributed by atoms with Crippen molar-refractivity contribution in [2.45, 2.75) is 51.3 Å². The third kappa shape index (κ3) is 3.48. The lowest BCUT2D eigenvalue weighted by atomic mass is 9.89. The first-order valence-electron chi connectivity index (χ1n) is 7.08. The molecule has 1 aliphatic heterocycles. The molecule has 19 heavy (non-hydrogen) atoms. The molecule has 1 aromatic rings. The van der Waals surface area contributed by atoms with E-state index in [2.05, 4.69) is 44.3 Å². The number of benzene rings is 1. The maximum atomic E-state index is 6.05. The Labute approximate surface area is 116 Å². The van der Waals surface area contributed by atoms with Crippen LogP contribution in [0.2, 0.25) is 0 Å². The van der Waals surface area contributed by atoms with Crippen LogP contribution in [0.5, 0.6) is 5.75 Å². The highest BCUT2D eigenvalue weighted by atomic mass is 16.5. The topological polar surface area (TPSA) is 30.5 Å². The van der Waals surface area contributed by atoms with Crippen molar-refractivity contribution in [1.82, 2.24) is 5.32 Å². The van der Waals surface area contributed by atoms with Crippen molar-refractivity contribution in [2.75, 3.05) is 13.7 Å². The van der Waals surface area contributed by atoms with Gasteiger partial charge in [-0.25, -0.2) is 0 Å². The number of methoxy groups -OCH3 is 1. The Bertz CT molecular complexity index is 417. The monoisotopic (exact) mass is 263 g/mol. The number of ether oxygens (including phenoxy) is 2. The molecule has 0 saturated heterocycles. The van der Waals surface area contributed by atoms with E-state index in [1.807, 2.05) is 6.07 Å². The van der Waals surface area contributed by atoms with E-state index in [1.54, 1.807) is 7.11 Å². The predicted octanol–water partition coefficient (Wildman–Crippen LogP) is 3.30. The molecule has 106 valence electrons. The first-order chi connectivity index (χ1) is 9.05. The largest absolute Gasteiger partial charge is 0.487 e. The van der Waals surface area contributed by atoms with Gasteiger partial charge in [-0.15, -0.1) is 0 Å². The molecule has 1 aliphatic rings. The van der Waals surface area contributed by atoms with E-state index in [0.29, 0.717) is 12.1 Å². The third-order valence-corrected chi connectivity index (χ3v) is 3.67. The van der Waals surface area contributed by atoms with Crippen molar-refractivity contribution in [1.29, 1.82) is 0 Å². The average molecular weight is 263 g/mol. The minimum absolute atomic E-state index is 0.128. The van der Waals surface area contributed by atoms with Gasteiger partial charge in [0.1, 0.15) is 11.4 Å². The van der Waals surface area contributed by atoms with Gasteiger partial charge >= 0.3 is 0 Å². The van der Waals surface area contributed by atoms with Crippen molar-refractivity contribution in [3.05, 3.63) is 29.8 Å². The number of rotatable bonds is 5. The Morgan fingerprint density at radius 2 is 2.16 bits per heavy atom. The summed E-state index contributed by atoms with van der Waals surface area (Å²) in [5.74, 6) is 1.00. The van der Waals surface area contributed by atoms with E-state index in [9.17, 15) is 0 Å². The van der Waals surface area contributed by atoms with Gasteiger partial charge in [0.2, 0.25) is 0 Å². The molecule has 0 radical (unpaired) electrons. The van der Waals surface area contributed by atoms with E-state index in [0.717, 1.165) is 25.2 Å². The summed E-state index contributed by atoms with van der Waals surface area (Å²) in [6.07, 6.45) is 2.04. The van der Waals surface area contributed by atoms with Crippen LogP contribution in [0.25, 0.3) is 0 Å². The molecular formula is C16H25NO2. The lowest BCUT2D eigenvalue weighted by molar-refractivity contribution is 0.0590. The van der Waals surface area contributed by atoms with Gasteiger partial charge in [-0.05, 0) is 26.3 Å². The molecule has 1 N–H and O–H groups in total. The third-order valence-electron chi connectivity index (χ3n) is 3.67. The van der Waals surface area contributed by atoms with E-state index in [4.69, 9.17) is 9.47 Å². The molecule has 2 unspecified atom stereocenters. The number of nitrogens with one attached hydrogen (secondary N) is 1. The Hall–Kier alpha value is -1.06. The highest BCUT2D eigenvalue weighted by molar-refractivity contribution is 5.38. The number of fused-ring (bicyclic) bond motifs is 1. The first-order valence-corrected chi connectivity index (χ1v) is 7.08. The van der Waals surface area contributed by atoms with Crippen molar-refractivity contribution >= 4 is 0 Å². The molecule has 0 aromatic heterocycles. The molecule has 0 aliphatic carbocycles. The van der Waals surface area contributed by atoms with Gasteiger partial charge < -0.3 is 14.8 Å². The summed E-state index contributed by atoms with van der Waals surface area (Å²) in [4.78, 5) is 0. The van der Waals surface area contributed by atoms with Crippen molar-refractivity contribution in [3.63, 3.8) is 0 Å². The van der Waals surface area contributed by atoms with Crippen LogP contribution >= 0.6 is 0 Å². The molecule has 0 bridgehead atoms. The molecule has 0 spiro atoms. The molecule has 1 aromatic carbocycles. The van der Waals surface area contributed by atoms with Crippen molar-refractivity contribution in [2.24, 2.45) is 0 Å². The maximum absolute atomic E-state index is 6.05. The minimum Gasteiger partial charge on any atom is -0.487 e. The van der Waals surface area contributed by atoms with Crippen LogP contribution in [0.3, 0.4) is 0 Å². The van der Waals surface area contributed by atoms with Crippen molar-refractivity contribution < 1.29 is 9.47 Å². The standard InChI is InChI=1S/C16H25NO2/c1-5-12(11-18-4)17-14-10-16(2,3)19-15-9-7-6-8-13(14)15/h6-9,12,14,17H,5,10-11H2,1-4H3. The molecule has 3 nitrogen and oxygen atoms in total. The maximum Gasteiger partial charge on any atom is 0.124 e. The second kappa shape index (κ2) is 5.93. The smallest absolute Gasteiger partial charge is 0.124 e. The molecule has 0 fully saturated rings. The Kier molecular flexibility index (Phi) is 4.48. The van der Waals surface area contributed by atoms with Gasteiger partial charge in [-0.2, -0.15) is 0 Å². The Morgan fingerprint density at radius 3 is 2.84 bits per heavy atom. The van der Waals surface area contributed by atoms with Gasteiger partial charge in [0.15, 0.2) is 0 Å². The van der Waals surface area contributed by atoms with Gasteiger partial charge in [0, 0.05) is 31.2 Å². The van der Waals surface area contributed by atoms with Crippen LogP contribution in [0.4, 0.5) is 0 Å². The van der Waals surface area contributed by atoms with Gasteiger partial charge in [-0.1, -0.05) is 25.1 Å². The van der Waals surface area contributed by atoms with Crippen LogP contribution in [0.15, 0.2) is 24.3 Å². The number of hydrogen-bond acceptors (Lipinski definition) is 3. The number of para-hydroxylation sites is 1. The van der Waals surface area contributed by atoms with Crippen molar-refractivity contribution in [3.8, 4) is 5.75 Å². The fourth-order valence-corrected chi connectivity index (χ4v) is 2.72. The highest BCUT2D eigenvalue weighted by Crippen LogP contribution is 2.39. The molecule has 0 saturated carbocycles. The zero-order valence-electron chi connectivity index (χ0n) is 12.4. The molecular weight excluding hydrogens is 238 g/mol. The normalized spacial score (nSPS) is 22.4. The summed E-state index contributed by atoms with van der Waals surface area (Å²) < 4.78 is 11.3. The molecule has 1 heterocycles. The average Bonchev–Trinajstić information content (AvgIpc) is 2.36. The lowest BCUT2D eigenvalue weighted by Gasteiger charge is -2.39. The quantitative estimate of drug-likeness (QED) is 0.884. The van der Waals surface area contributed by atoms with Gasteiger partial charge in [0.25, 0.3) is 0 Å². The second-order valence-electron chi connectivity index (χ2n) is 5.88. The van der Waals surface area contributed by atoms with E-state index >= 15 is 0 Å². The summed E-state index contributed by atoms with van der Waals surface area (Å²) in [6.45, 7) is 7.23. The van der Waals surface area contributed by atoms with E-state index in [1.165, 1.54) is 5.56 Å². The molecule has 0 amide bonds. The first kappa shape index (κ1) is 14.4.